The molecule has 0 radical (unpaired) electrons. The third-order valence-electron chi connectivity index (χ3n) is 3.54. The summed E-state index contributed by atoms with van der Waals surface area (Å²) in [6.45, 7) is 11.4. The number of nitrogens with zero attached hydrogens (tertiary/aromatic N) is 1. The van der Waals surface area contributed by atoms with Crippen molar-refractivity contribution in [2.24, 2.45) is 0 Å². The van der Waals surface area contributed by atoms with Gasteiger partial charge in [-0.2, -0.15) is 5.26 Å². The number of rotatable bonds is 2. The van der Waals surface area contributed by atoms with E-state index in [1.807, 2.05) is 0 Å². The zero-order valence-electron chi connectivity index (χ0n) is 10.5. The summed E-state index contributed by atoms with van der Waals surface area (Å²) in [4.78, 5) is 0. The Morgan fingerprint density at radius 3 is 2.44 bits per heavy atom. The van der Waals surface area contributed by atoms with Gasteiger partial charge in [-0.25, -0.2) is 0 Å². The predicted octanol–water partition coefficient (Wildman–Crippen LogP) is 3.67. The van der Waals surface area contributed by atoms with Crippen molar-refractivity contribution in [2.45, 2.75) is 45.3 Å². The smallest absolute Gasteiger partial charge is 0.132 e. The van der Waals surface area contributed by atoms with Gasteiger partial charge >= 0.3 is 0 Å². The average Bonchev–Trinajstić information content (AvgIpc) is 2.47. The van der Waals surface area contributed by atoms with Crippen LogP contribution in [0.1, 0.15) is 26.3 Å². The standard InChI is InChI=1S/C12H18INOSi/c1-12(2,3)16(4,5)11-9(6-7-14)10(13)8-15-11/h8H,6H2,1-5H3. The van der Waals surface area contributed by atoms with Crippen molar-refractivity contribution in [1.29, 1.82) is 5.26 Å². The van der Waals surface area contributed by atoms with Gasteiger partial charge in [0.1, 0.15) is 14.3 Å². The lowest BCUT2D eigenvalue weighted by molar-refractivity contribution is 0.584. The summed E-state index contributed by atoms with van der Waals surface area (Å²) in [5, 5.41) is 10.2. The molecule has 0 N–H and O–H groups in total. The molecular formula is C12H18INOSi. The van der Waals surface area contributed by atoms with Crippen molar-refractivity contribution < 1.29 is 4.42 Å². The molecule has 0 unspecified atom stereocenters. The maximum Gasteiger partial charge on any atom is 0.132 e. The molecule has 0 bridgehead atoms. The van der Waals surface area contributed by atoms with E-state index in [9.17, 15) is 0 Å². The van der Waals surface area contributed by atoms with Gasteiger partial charge in [0.2, 0.25) is 0 Å². The van der Waals surface area contributed by atoms with E-state index < -0.39 is 8.07 Å². The van der Waals surface area contributed by atoms with Gasteiger partial charge in [0.05, 0.1) is 21.4 Å². The first-order chi connectivity index (χ1) is 7.21. The molecule has 0 saturated carbocycles. The Kier molecular flexibility index (Phi) is 3.90. The van der Waals surface area contributed by atoms with Gasteiger partial charge in [-0.15, -0.1) is 0 Å². The Morgan fingerprint density at radius 2 is 2.00 bits per heavy atom. The van der Waals surface area contributed by atoms with E-state index in [0.717, 1.165) is 14.5 Å². The highest BCUT2D eigenvalue weighted by atomic mass is 127. The largest absolute Gasteiger partial charge is 0.473 e. The second kappa shape index (κ2) is 4.53. The lowest BCUT2D eigenvalue weighted by Gasteiger charge is -2.35. The Balaban J connectivity index is 3.29. The van der Waals surface area contributed by atoms with Crippen LogP contribution in [0, 0.1) is 14.9 Å². The van der Waals surface area contributed by atoms with Gasteiger partial charge in [-0.1, -0.05) is 33.9 Å². The second-order valence-electron chi connectivity index (χ2n) is 5.60. The highest BCUT2D eigenvalue weighted by Crippen LogP contribution is 2.36. The summed E-state index contributed by atoms with van der Waals surface area (Å²) < 4.78 is 6.82. The predicted molar refractivity (Wildman–Crippen MR) is 77.6 cm³/mol. The molecule has 1 heterocycles. The summed E-state index contributed by atoms with van der Waals surface area (Å²) >= 11 is 2.25. The molecule has 2 nitrogen and oxygen atoms in total. The van der Waals surface area contributed by atoms with Crippen LogP contribution in [-0.4, -0.2) is 8.07 Å². The number of nitriles is 1. The highest BCUT2D eigenvalue weighted by molar-refractivity contribution is 14.1. The molecule has 0 atom stereocenters. The van der Waals surface area contributed by atoms with Crippen molar-refractivity contribution in [3.63, 3.8) is 0 Å². The van der Waals surface area contributed by atoms with Crippen LogP contribution in [-0.2, 0) is 6.42 Å². The van der Waals surface area contributed by atoms with Gasteiger partial charge < -0.3 is 4.42 Å². The van der Waals surface area contributed by atoms with E-state index in [1.165, 1.54) is 0 Å². The second-order valence-corrected chi connectivity index (χ2v) is 12.0. The molecule has 0 aliphatic heterocycles. The van der Waals surface area contributed by atoms with Crippen LogP contribution < -0.4 is 5.38 Å². The number of furan rings is 1. The minimum absolute atomic E-state index is 0.234. The molecule has 16 heavy (non-hydrogen) atoms. The fraction of sp³-hybridized carbons (Fsp3) is 0.583. The molecule has 0 spiro atoms. The summed E-state index contributed by atoms with van der Waals surface area (Å²) in [7, 11) is -1.66. The van der Waals surface area contributed by atoms with Gasteiger partial charge in [0.15, 0.2) is 0 Å². The van der Waals surface area contributed by atoms with Crippen molar-refractivity contribution in [3.8, 4) is 6.07 Å². The highest BCUT2D eigenvalue weighted by Gasteiger charge is 2.41. The molecule has 88 valence electrons. The normalized spacial score (nSPS) is 12.6. The molecule has 0 aromatic carbocycles. The van der Waals surface area contributed by atoms with Gasteiger partial charge in [0, 0.05) is 5.56 Å². The molecule has 1 rings (SSSR count). The Labute approximate surface area is 112 Å². The fourth-order valence-electron chi connectivity index (χ4n) is 1.47. The average molecular weight is 347 g/mol. The molecule has 0 aliphatic carbocycles. The van der Waals surface area contributed by atoms with Crippen LogP contribution in [0.5, 0.6) is 0 Å². The van der Waals surface area contributed by atoms with Crippen LogP contribution >= 0.6 is 22.6 Å². The molecule has 1 aromatic heterocycles. The zero-order chi connectivity index (χ0) is 12.6. The Hall–Kier alpha value is -0.283. The molecule has 0 fully saturated rings. The van der Waals surface area contributed by atoms with Crippen LogP contribution in [0.15, 0.2) is 10.7 Å². The summed E-state index contributed by atoms with van der Waals surface area (Å²) in [6.07, 6.45) is 2.24. The SMILES string of the molecule is CC(C)(C)[Si](C)(C)c1occ(I)c1CC#N. The van der Waals surface area contributed by atoms with Gasteiger partial charge in [0.25, 0.3) is 0 Å². The first kappa shape index (κ1) is 13.8. The maximum atomic E-state index is 8.88. The van der Waals surface area contributed by atoms with E-state index in [2.05, 4.69) is 62.5 Å². The summed E-state index contributed by atoms with van der Waals surface area (Å²) in [5.41, 5.74) is 1.11. The monoisotopic (exact) mass is 347 g/mol. The van der Waals surface area contributed by atoms with E-state index >= 15 is 0 Å². The van der Waals surface area contributed by atoms with Crippen molar-refractivity contribution in [3.05, 3.63) is 15.4 Å². The number of hydrogen-bond donors (Lipinski definition) is 0. The summed E-state index contributed by atoms with van der Waals surface area (Å²) in [5.74, 6) is 0. The van der Waals surface area contributed by atoms with E-state index in [4.69, 9.17) is 9.68 Å². The van der Waals surface area contributed by atoms with Crippen molar-refractivity contribution >= 4 is 36.0 Å². The molecule has 0 amide bonds. The van der Waals surface area contributed by atoms with Crippen LogP contribution in [0.2, 0.25) is 18.1 Å². The lowest BCUT2D eigenvalue weighted by Crippen LogP contribution is -2.50. The maximum absolute atomic E-state index is 8.88. The minimum Gasteiger partial charge on any atom is -0.473 e. The van der Waals surface area contributed by atoms with Crippen molar-refractivity contribution in [2.75, 3.05) is 0 Å². The van der Waals surface area contributed by atoms with Crippen LogP contribution in [0.25, 0.3) is 0 Å². The van der Waals surface area contributed by atoms with Gasteiger partial charge in [-0.3, -0.25) is 0 Å². The lowest BCUT2D eigenvalue weighted by atomic mass is 10.2. The van der Waals surface area contributed by atoms with E-state index in [0.29, 0.717) is 6.42 Å². The molecule has 4 heteroatoms. The Morgan fingerprint density at radius 1 is 1.44 bits per heavy atom. The van der Waals surface area contributed by atoms with Crippen LogP contribution in [0.3, 0.4) is 0 Å². The number of halogens is 1. The molecule has 0 aliphatic rings. The number of hydrogen-bond acceptors (Lipinski definition) is 2. The molecule has 0 saturated heterocycles. The first-order valence-corrected chi connectivity index (χ1v) is 9.43. The Bertz CT molecular complexity index is 423. The zero-order valence-corrected chi connectivity index (χ0v) is 13.7. The molecule has 1 aromatic rings. The fourth-order valence-corrected chi connectivity index (χ4v) is 4.30. The third kappa shape index (κ3) is 2.35. The molecular weight excluding hydrogens is 329 g/mol. The third-order valence-corrected chi connectivity index (χ3v) is 9.75. The minimum atomic E-state index is -1.66. The quantitative estimate of drug-likeness (QED) is 0.605. The topological polar surface area (TPSA) is 36.9 Å². The van der Waals surface area contributed by atoms with E-state index in [1.54, 1.807) is 6.26 Å². The van der Waals surface area contributed by atoms with Crippen molar-refractivity contribution in [1.82, 2.24) is 0 Å². The summed E-state index contributed by atoms with van der Waals surface area (Å²) in [6, 6.07) is 2.23. The van der Waals surface area contributed by atoms with Gasteiger partial charge in [-0.05, 0) is 27.6 Å². The van der Waals surface area contributed by atoms with E-state index in [-0.39, 0.29) is 5.04 Å². The van der Waals surface area contributed by atoms with Crippen LogP contribution in [0.4, 0.5) is 0 Å². The first-order valence-electron chi connectivity index (χ1n) is 5.35.